The lowest BCUT2D eigenvalue weighted by Crippen LogP contribution is -2.39. The first-order valence-corrected chi connectivity index (χ1v) is 7.98. The molecule has 1 aromatic rings. The minimum absolute atomic E-state index is 0.0268. The minimum Gasteiger partial charge on any atom is -0.232 e. The Bertz CT molecular complexity index is 516. The van der Waals surface area contributed by atoms with Crippen LogP contribution in [0.15, 0.2) is 10.4 Å². The molecule has 0 radical (unpaired) electrons. The molecular weight excluding hydrogens is 325 g/mol. The van der Waals surface area contributed by atoms with Crippen molar-refractivity contribution < 1.29 is 21.6 Å². The second kappa shape index (κ2) is 6.38. The number of hydrogen-bond donors (Lipinski definition) is 0. The first kappa shape index (κ1) is 16.7. The quantitative estimate of drug-likeness (QED) is 0.802. The van der Waals surface area contributed by atoms with E-state index in [0.29, 0.717) is 28.5 Å². The summed E-state index contributed by atoms with van der Waals surface area (Å²) in [6.45, 7) is 0.0701. The van der Waals surface area contributed by atoms with Crippen LogP contribution in [0.25, 0.3) is 0 Å². The standard InChI is InChI=1S/C9H12ClF3N2O2S2/c1-2-3-4-15(6-9(11,12)13)19(16,17)7-5-14-8(10)18-7/h5H,2-4,6H2,1H3. The Balaban J connectivity index is 3.01. The number of sulfonamides is 1. The van der Waals surface area contributed by atoms with Gasteiger partial charge >= 0.3 is 6.18 Å². The maximum absolute atomic E-state index is 12.4. The zero-order valence-electron chi connectivity index (χ0n) is 9.95. The molecule has 1 aromatic heterocycles. The summed E-state index contributed by atoms with van der Waals surface area (Å²) >= 11 is 6.15. The predicted molar refractivity (Wildman–Crippen MR) is 66.8 cm³/mol. The van der Waals surface area contributed by atoms with Crippen molar-refractivity contribution in [1.29, 1.82) is 0 Å². The Hall–Kier alpha value is -0.380. The van der Waals surface area contributed by atoms with E-state index >= 15 is 0 Å². The van der Waals surface area contributed by atoms with E-state index in [9.17, 15) is 21.6 Å². The van der Waals surface area contributed by atoms with Gasteiger partial charge in [-0.2, -0.15) is 17.5 Å². The Labute approximate surface area is 118 Å². The van der Waals surface area contributed by atoms with E-state index < -0.39 is 22.7 Å². The van der Waals surface area contributed by atoms with Crippen LogP contribution < -0.4 is 0 Å². The van der Waals surface area contributed by atoms with Crippen molar-refractivity contribution in [2.24, 2.45) is 0 Å². The molecule has 0 bridgehead atoms. The molecule has 0 atom stereocenters. The van der Waals surface area contributed by atoms with Gasteiger partial charge in [0, 0.05) is 6.54 Å². The highest BCUT2D eigenvalue weighted by atomic mass is 35.5. The third kappa shape index (κ3) is 4.90. The number of nitrogens with zero attached hydrogens (tertiary/aromatic N) is 2. The van der Waals surface area contributed by atoms with Crippen LogP contribution in [-0.4, -0.2) is 37.0 Å². The molecule has 1 rings (SSSR count). The molecule has 0 spiro atoms. The van der Waals surface area contributed by atoms with Crippen LogP contribution in [0.2, 0.25) is 4.47 Å². The minimum atomic E-state index is -4.59. The maximum Gasteiger partial charge on any atom is 0.402 e. The second-order valence-corrected chi connectivity index (χ2v) is 7.52. The molecule has 0 unspecified atom stereocenters. The molecule has 0 aliphatic heterocycles. The van der Waals surface area contributed by atoms with Gasteiger partial charge in [-0.3, -0.25) is 0 Å². The number of hydrogen-bond acceptors (Lipinski definition) is 4. The van der Waals surface area contributed by atoms with E-state index in [1.807, 2.05) is 0 Å². The molecule has 0 aliphatic carbocycles. The first-order chi connectivity index (χ1) is 8.66. The van der Waals surface area contributed by atoms with Crippen LogP contribution in [0.5, 0.6) is 0 Å². The number of alkyl halides is 3. The van der Waals surface area contributed by atoms with E-state index in [0.717, 1.165) is 6.20 Å². The van der Waals surface area contributed by atoms with Gasteiger partial charge in [-0.1, -0.05) is 36.3 Å². The van der Waals surface area contributed by atoms with Crippen LogP contribution in [0.3, 0.4) is 0 Å². The fourth-order valence-electron chi connectivity index (χ4n) is 1.30. The Morgan fingerprint density at radius 2 is 2.11 bits per heavy atom. The van der Waals surface area contributed by atoms with E-state index in [1.54, 1.807) is 6.92 Å². The molecule has 0 amide bonds. The van der Waals surface area contributed by atoms with Gasteiger partial charge in [0.25, 0.3) is 10.0 Å². The molecule has 0 aromatic carbocycles. The van der Waals surface area contributed by atoms with Gasteiger partial charge in [0.2, 0.25) is 0 Å². The Morgan fingerprint density at radius 1 is 1.47 bits per heavy atom. The van der Waals surface area contributed by atoms with E-state index in [-0.39, 0.29) is 15.2 Å². The zero-order chi connectivity index (χ0) is 14.7. The summed E-state index contributed by atoms with van der Waals surface area (Å²) in [6.07, 6.45) is -2.68. The summed E-state index contributed by atoms with van der Waals surface area (Å²) in [5, 5.41) is 0. The summed E-state index contributed by atoms with van der Waals surface area (Å²) < 4.78 is 61.6. The van der Waals surface area contributed by atoms with Gasteiger partial charge in [-0.15, -0.1) is 0 Å². The van der Waals surface area contributed by atoms with E-state index in [2.05, 4.69) is 4.98 Å². The topological polar surface area (TPSA) is 50.3 Å². The molecule has 0 saturated carbocycles. The Kier molecular flexibility index (Phi) is 5.60. The van der Waals surface area contributed by atoms with Crippen LogP contribution >= 0.6 is 22.9 Å². The largest absolute Gasteiger partial charge is 0.402 e. The SMILES string of the molecule is CCCCN(CC(F)(F)F)S(=O)(=O)c1cnc(Cl)s1. The number of thiazole rings is 1. The van der Waals surface area contributed by atoms with Crippen molar-refractivity contribution in [3.05, 3.63) is 10.7 Å². The Morgan fingerprint density at radius 3 is 2.53 bits per heavy atom. The smallest absolute Gasteiger partial charge is 0.232 e. The highest BCUT2D eigenvalue weighted by Gasteiger charge is 2.37. The molecule has 0 fully saturated rings. The molecule has 1 heterocycles. The highest BCUT2D eigenvalue weighted by Crippen LogP contribution is 2.28. The maximum atomic E-state index is 12.4. The van der Waals surface area contributed by atoms with Crippen LogP contribution in [0.1, 0.15) is 19.8 Å². The lowest BCUT2D eigenvalue weighted by atomic mass is 10.3. The van der Waals surface area contributed by atoms with Gasteiger partial charge in [0.15, 0.2) is 8.68 Å². The van der Waals surface area contributed by atoms with Crippen molar-refractivity contribution in [1.82, 2.24) is 9.29 Å². The average Bonchev–Trinajstić information content (AvgIpc) is 2.70. The molecule has 10 heteroatoms. The number of unbranched alkanes of at least 4 members (excludes halogenated alkanes) is 1. The molecule has 0 saturated heterocycles. The first-order valence-electron chi connectivity index (χ1n) is 5.35. The summed E-state index contributed by atoms with van der Waals surface area (Å²) in [4.78, 5) is 3.54. The number of rotatable bonds is 6. The fraction of sp³-hybridized carbons (Fsp3) is 0.667. The molecular formula is C9H12ClF3N2O2S2. The van der Waals surface area contributed by atoms with Crippen molar-refractivity contribution in [3.8, 4) is 0 Å². The highest BCUT2D eigenvalue weighted by molar-refractivity contribution is 7.91. The van der Waals surface area contributed by atoms with Crippen LogP contribution in [0, 0.1) is 0 Å². The molecule has 19 heavy (non-hydrogen) atoms. The number of aromatic nitrogens is 1. The van der Waals surface area contributed by atoms with Crippen molar-refractivity contribution in [2.45, 2.75) is 30.2 Å². The summed E-state index contributed by atoms with van der Waals surface area (Å²) in [5.74, 6) is 0. The fourth-order valence-corrected chi connectivity index (χ4v) is 4.22. The van der Waals surface area contributed by atoms with E-state index in [4.69, 9.17) is 11.6 Å². The third-order valence-corrected chi connectivity index (χ3v) is 5.56. The lowest BCUT2D eigenvalue weighted by Gasteiger charge is -2.22. The second-order valence-electron chi connectivity index (χ2n) is 3.74. The van der Waals surface area contributed by atoms with E-state index in [1.165, 1.54) is 0 Å². The summed E-state index contributed by atoms with van der Waals surface area (Å²) in [7, 11) is -4.20. The van der Waals surface area contributed by atoms with Crippen LogP contribution in [0.4, 0.5) is 13.2 Å². The van der Waals surface area contributed by atoms with Crippen molar-refractivity contribution in [2.75, 3.05) is 13.1 Å². The van der Waals surface area contributed by atoms with Gasteiger partial charge in [-0.05, 0) is 6.42 Å². The number of halogens is 4. The monoisotopic (exact) mass is 336 g/mol. The molecule has 4 nitrogen and oxygen atoms in total. The zero-order valence-corrected chi connectivity index (χ0v) is 12.3. The molecule has 0 N–H and O–H groups in total. The summed E-state index contributed by atoms with van der Waals surface area (Å²) in [5.41, 5.74) is 0. The summed E-state index contributed by atoms with van der Waals surface area (Å²) in [6, 6.07) is 0. The third-order valence-electron chi connectivity index (χ3n) is 2.17. The van der Waals surface area contributed by atoms with Gasteiger partial charge in [0.05, 0.1) is 6.20 Å². The normalized spacial score (nSPS) is 13.2. The predicted octanol–water partition coefficient (Wildman–Crippen LogP) is 3.15. The van der Waals surface area contributed by atoms with Crippen LogP contribution in [-0.2, 0) is 10.0 Å². The molecule has 0 aliphatic rings. The molecule has 110 valence electrons. The lowest BCUT2D eigenvalue weighted by molar-refractivity contribution is -0.136. The van der Waals surface area contributed by atoms with Crippen molar-refractivity contribution >= 4 is 33.0 Å². The van der Waals surface area contributed by atoms with Crippen molar-refractivity contribution in [3.63, 3.8) is 0 Å². The average molecular weight is 337 g/mol. The van der Waals surface area contributed by atoms with Gasteiger partial charge < -0.3 is 0 Å². The van der Waals surface area contributed by atoms with Gasteiger partial charge in [-0.25, -0.2) is 13.4 Å². The van der Waals surface area contributed by atoms with Gasteiger partial charge in [0.1, 0.15) is 6.54 Å².